The number of carbonyl (C=O) groups excluding carboxylic acids is 1. The van der Waals surface area contributed by atoms with E-state index in [1.54, 1.807) is 0 Å². The Kier molecular flexibility index (Phi) is 4.55. The molecule has 0 aliphatic carbocycles. The van der Waals surface area contributed by atoms with Gasteiger partial charge in [0.1, 0.15) is 0 Å². The van der Waals surface area contributed by atoms with Crippen LogP contribution in [0.4, 0.5) is 5.69 Å². The van der Waals surface area contributed by atoms with E-state index in [1.807, 2.05) is 29.2 Å². The second-order valence-corrected chi connectivity index (χ2v) is 5.79. The van der Waals surface area contributed by atoms with E-state index in [9.17, 15) is 4.79 Å². The van der Waals surface area contributed by atoms with E-state index in [1.165, 1.54) is 0 Å². The third-order valence-corrected chi connectivity index (χ3v) is 4.31. The topological polar surface area (TPSA) is 55.6 Å². The van der Waals surface area contributed by atoms with Gasteiger partial charge < -0.3 is 15.4 Å². The van der Waals surface area contributed by atoms with Crippen molar-refractivity contribution >= 4 is 24.0 Å². The third-order valence-electron chi connectivity index (χ3n) is 4.31. The highest BCUT2D eigenvalue weighted by atomic mass is 35.5. The summed E-state index contributed by atoms with van der Waals surface area (Å²) in [4.78, 5) is 14.3. The highest BCUT2D eigenvalue weighted by molar-refractivity contribution is 5.85. The lowest BCUT2D eigenvalue weighted by Gasteiger charge is -2.22. The van der Waals surface area contributed by atoms with Crippen molar-refractivity contribution in [2.45, 2.75) is 19.3 Å². The van der Waals surface area contributed by atoms with Gasteiger partial charge in [-0.25, -0.2) is 0 Å². The Labute approximate surface area is 125 Å². The summed E-state index contributed by atoms with van der Waals surface area (Å²) in [5.41, 5.74) is 7.66. The number of nitrogens with two attached hydrogens (primary N) is 1. The Morgan fingerprint density at radius 3 is 2.70 bits per heavy atom. The fourth-order valence-corrected chi connectivity index (χ4v) is 3.04. The fraction of sp³-hybridized carbons (Fsp3) is 0.533. The van der Waals surface area contributed by atoms with Gasteiger partial charge in [-0.2, -0.15) is 0 Å². The number of hydrogen-bond acceptors (Lipinski definition) is 3. The lowest BCUT2D eigenvalue weighted by molar-refractivity contribution is -0.129. The highest BCUT2D eigenvalue weighted by Gasteiger charge is 2.42. The molecule has 1 aromatic carbocycles. The smallest absolute Gasteiger partial charge is 0.227 e. The van der Waals surface area contributed by atoms with Gasteiger partial charge in [0.15, 0.2) is 0 Å². The summed E-state index contributed by atoms with van der Waals surface area (Å²) in [6, 6.07) is 7.55. The molecule has 0 radical (unpaired) electrons. The molecule has 2 fully saturated rings. The number of carbonyl (C=O) groups is 1. The molecule has 0 aromatic heterocycles. The molecule has 0 bridgehead atoms. The number of nitrogen functional groups attached to an aromatic ring is 1. The largest absolute Gasteiger partial charge is 0.399 e. The first kappa shape index (κ1) is 15.1. The van der Waals surface area contributed by atoms with Crippen molar-refractivity contribution in [1.82, 2.24) is 4.90 Å². The number of benzene rings is 1. The summed E-state index contributed by atoms with van der Waals surface area (Å²) < 4.78 is 5.49. The van der Waals surface area contributed by atoms with Crippen molar-refractivity contribution in [3.63, 3.8) is 0 Å². The van der Waals surface area contributed by atoms with Crippen LogP contribution in [0.15, 0.2) is 24.3 Å². The Morgan fingerprint density at radius 1 is 1.30 bits per heavy atom. The lowest BCUT2D eigenvalue weighted by Crippen LogP contribution is -2.33. The molecule has 1 atom stereocenters. The molecule has 5 heteroatoms. The summed E-state index contributed by atoms with van der Waals surface area (Å²) in [5, 5.41) is 0. The van der Waals surface area contributed by atoms with Crippen molar-refractivity contribution in [1.29, 1.82) is 0 Å². The first-order valence-electron chi connectivity index (χ1n) is 6.87. The van der Waals surface area contributed by atoms with Crippen LogP contribution in [0.1, 0.15) is 18.4 Å². The lowest BCUT2D eigenvalue weighted by atomic mass is 9.87. The van der Waals surface area contributed by atoms with Crippen molar-refractivity contribution in [2.75, 3.05) is 32.0 Å². The molecule has 1 spiro atoms. The van der Waals surface area contributed by atoms with Crippen LogP contribution >= 0.6 is 12.4 Å². The second-order valence-electron chi connectivity index (χ2n) is 5.79. The molecule has 1 aromatic rings. The summed E-state index contributed by atoms with van der Waals surface area (Å²) in [6.07, 6.45) is 2.65. The summed E-state index contributed by atoms with van der Waals surface area (Å²) >= 11 is 0. The van der Waals surface area contributed by atoms with Crippen LogP contribution in [-0.2, 0) is 16.0 Å². The highest BCUT2D eigenvalue weighted by Crippen LogP contribution is 2.38. The van der Waals surface area contributed by atoms with Gasteiger partial charge in [0, 0.05) is 30.8 Å². The van der Waals surface area contributed by atoms with Gasteiger partial charge in [0.25, 0.3) is 0 Å². The molecule has 2 heterocycles. The predicted octanol–water partition coefficient (Wildman–Crippen LogP) is 1.87. The quantitative estimate of drug-likeness (QED) is 0.848. The molecule has 1 amide bonds. The molecular weight excluding hydrogens is 276 g/mol. The molecular formula is C15H21ClN2O2. The Bertz CT molecular complexity index is 469. The van der Waals surface area contributed by atoms with Gasteiger partial charge in [-0.1, -0.05) is 12.1 Å². The van der Waals surface area contributed by atoms with E-state index in [-0.39, 0.29) is 23.7 Å². The predicted molar refractivity (Wildman–Crippen MR) is 80.9 cm³/mol. The van der Waals surface area contributed by atoms with Gasteiger partial charge in [-0.15, -0.1) is 12.4 Å². The van der Waals surface area contributed by atoms with Crippen molar-refractivity contribution in [3.05, 3.63) is 29.8 Å². The monoisotopic (exact) mass is 296 g/mol. The molecule has 2 aliphatic rings. The SMILES string of the molecule is Cl.Nc1ccc(CC(=O)N2CCC3(CCOC3)C2)cc1. The van der Waals surface area contributed by atoms with Crippen LogP contribution in [0.2, 0.25) is 0 Å². The molecule has 4 nitrogen and oxygen atoms in total. The molecule has 3 rings (SSSR count). The molecule has 20 heavy (non-hydrogen) atoms. The number of rotatable bonds is 2. The van der Waals surface area contributed by atoms with E-state index >= 15 is 0 Å². The Morgan fingerprint density at radius 2 is 2.05 bits per heavy atom. The van der Waals surface area contributed by atoms with Crippen LogP contribution in [-0.4, -0.2) is 37.1 Å². The summed E-state index contributed by atoms with van der Waals surface area (Å²) in [6.45, 7) is 3.40. The summed E-state index contributed by atoms with van der Waals surface area (Å²) in [7, 11) is 0. The van der Waals surface area contributed by atoms with Crippen LogP contribution in [0.25, 0.3) is 0 Å². The minimum Gasteiger partial charge on any atom is -0.399 e. The van der Waals surface area contributed by atoms with E-state index in [4.69, 9.17) is 10.5 Å². The first-order chi connectivity index (χ1) is 9.17. The van der Waals surface area contributed by atoms with Crippen LogP contribution in [0.3, 0.4) is 0 Å². The van der Waals surface area contributed by atoms with Crippen molar-refractivity contribution in [3.8, 4) is 0 Å². The van der Waals surface area contributed by atoms with E-state index in [2.05, 4.69) is 0 Å². The zero-order chi connectivity index (χ0) is 13.3. The number of ether oxygens (including phenoxy) is 1. The molecule has 2 N–H and O–H groups in total. The fourth-order valence-electron chi connectivity index (χ4n) is 3.04. The van der Waals surface area contributed by atoms with Gasteiger partial charge in [-0.05, 0) is 30.5 Å². The number of likely N-dealkylation sites (tertiary alicyclic amines) is 1. The normalized spacial score (nSPS) is 24.9. The van der Waals surface area contributed by atoms with Gasteiger partial charge in [0.05, 0.1) is 13.0 Å². The van der Waals surface area contributed by atoms with E-state index in [0.717, 1.165) is 50.4 Å². The zero-order valence-electron chi connectivity index (χ0n) is 11.5. The maximum Gasteiger partial charge on any atom is 0.227 e. The first-order valence-corrected chi connectivity index (χ1v) is 6.87. The minimum atomic E-state index is 0. The zero-order valence-corrected chi connectivity index (χ0v) is 12.3. The minimum absolute atomic E-state index is 0. The van der Waals surface area contributed by atoms with E-state index < -0.39 is 0 Å². The van der Waals surface area contributed by atoms with Gasteiger partial charge in [-0.3, -0.25) is 4.79 Å². The van der Waals surface area contributed by atoms with Crippen molar-refractivity contribution < 1.29 is 9.53 Å². The Balaban J connectivity index is 0.00000147. The molecule has 2 saturated heterocycles. The standard InChI is InChI=1S/C15H20N2O2.ClH/c16-13-3-1-12(2-4-13)9-14(18)17-7-5-15(10-17)6-8-19-11-15;/h1-4H,5-11,16H2;1H. The maximum atomic E-state index is 12.3. The number of amides is 1. The second kappa shape index (κ2) is 6.02. The molecule has 110 valence electrons. The third kappa shape index (κ3) is 3.07. The molecule has 1 unspecified atom stereocenters. The van der Waals surface area contributed by atoms with Gasteiger partial charge >= 0.3 is 0 Å². The van der Waals surface area contributed by atoms with Crippen molar-refractivity contribution in [2.24, 2.45) is 5.41 Å². The molecule has 0 saturated carbocycles. The number of anilines is 1. The molecule has 2 aliphatic heterocycles. The maximum absolute atomic E-state index is 12.3. The van der Waals surface area contributed by atoms with Gasteiger partial charge in [0.2, 0.25) is 5.91 Å². The van der Waals surface area contributed by atoms with Crippen LogP contribution in [0, 0.1) is 5.41 Å². The number of halogens is 1. The number of hydrogen-bond donors (Lipinski definition) is 1. The van der Waals surface area contributed by atoms with E-state index in [0.29, 0.717) is 6.42 Å². The van der Waals surface area contributed by atoms with Crippen LogP contribution in [0.5, 0.6) is 0 Å². The average Bonchev–Trinajstić information content (AvgIpc) is 3.03. The summed E-state index contributed by atoms with van der Waals surface area (Å²) in [5.74, 6) is 0.216. The van der Waals surface area contributed by atoms with Crippen LogP contribution < -0.4 is 5.73 Å². The Hall–Kier alpha value is -1.26. The average molecular weight is 297 g/mol. The number of nitrogens with zero attached hydrogens (tertiary/aromatic N) is 1.